The minimum atomic E-state index is -4.44. The maximum atomic E-state index is 13.2. The summed E-state index contributed by atoms with van der Waals surface area (Å²) < 4.78 is 45.8. The summed E-state index contributed by atoms with van der Waals surface area (Å²) in [6.45, 7) is 4.14. The summed E-state index contributed by atoms with van der Waals surface area (Å²) in [4.78, 5) is 14.3. The molecule has 3 rings (SSSR count). The van der Waals surface area contributed by atoms with Crippen molar-refractivity contribution < 1.29 is 22.7 Å². The van der Waals surface area contributed by atoms with Gasteiger partial charge in [-0.1, -0.05) is 30.8 Å². The second-order valence-electron chi connectivity index (χ2n) is 6.88. The van der Waals surface area contributed by atoms with Gasteiger partial charge >= 0.3 is 6.18 Å². The molecule has 1 amide bonds. The van der Waals surface area contributed by atoms with Crippen LogP contribution in [-0.4, -0.2) is 58.4 Å². The minimum Gasteiger partial charge on any atom is -0.378 e. The van der Waals surface area contributed by atoms with Crippen molar-refractivity contribution in [2.24, 2.45) is 0 Å². The smallest absolute Gasteiger partial charge is 0.378 e. The highest BCUT2D eigenvalue weighted by molar-refractivity contribution is 8.00. The molecule has 1 aromatic carbocycles. The molecule has 1 aliphatic heterocycles. The van der Waals surface area contributed by atoms with Gasteiger partial charge in [-0.2, -0.15) is 13.2 Å². The second-order valence-corrected chi connectivity index (χ2v) is 8.19. The maximum Gasteiger partial charge on any atom is 0.406 e. The van der Waals surface area contributed by atoms with Crippen molar-refractivity contribution in [1.29, 1.82) is 0 Å². The first kappa shape index (κ1) is 22.4. The topological polar surface area (TPSA) is 72.3 Å². The van der Waals surface area contributed by atoms with Gasteiger partial charge in [0.2, 0.25) is 11.9 Å². The number of hydrogen-bond acceptors (Lipinski definition) is 6. The molecule has 0 radical (unpaired) electrons. The monoisotopic (exact) mass is 443 g/mol. The zero-order valence-electron chi connectivity index (χ0n) is 16.8. The Morgan fingerprint density at radius 2 is 1.90 bits per heavy atom. The zero-order chi connectivity index (χ0) is 21.7. The number of nitrogens with zero attached hydrogens (tertiary/aromatic N) is 4. The van der Waals surface area contributed by atoms with Crippen molar-refractivity contribution in [3.05, 3.63) is 29.8 Å². The summed E-state index contributed by atoms with van der Waals surface area (Å²) in [6, 6.07) is 7.44. The van der Waals surface area contributed by atoms with Gasteiger partial charge in [0.15, 0.2) is 5.16 Å². The maximum absolute atomic E-state index is 13.2. The van der Waals surface area contributed by atoms with Crippen molar-refractivity contribution in [3.8, 4) is 0 Å². The van der Waals surface area contributed by atoms with Crippen LogP contribution in [-0.2, 0) is 22.5 Å². The van der Waals surface area contributed by atoms with E-state index in [1.54, 1.807) is 24.0 Å². The van der Waals surface area contributed by atoms with Crippen molar-refractivity contribution in [2.75, 3.05) is 36.5 Å². The highest BCUT2D eigenvalue weighted by Gasteiger charge is 2.33. The van der Waals surface area contributed by atoms with Gasteiger partial charge in [0, 0.05) is 18.8 Å². The average molecular weight is 443 g/mol. The predicted octanol–water partition coefficient (Wildman–Crippen LogP) is 3.36. The number of thioether (sulfide) groups is 1. The van der Waals surface area contributed by atoms with Crippen molar-refractivity contribution in [2.45, 2.75) is 43.4 Å². The van der Waals surface area contributed by atoms with Gasteiger partial charge in [-0.15, -0.1) is 10.2 Å². The number of halogens is 3. The third-order valence-corrected chi connectivity index (χ3v) is 5.69. The van der Waals surface area contributed by atoms with Crippen LogP contribution in [0.15, 0.2) is 29.4 Å². The van der Waals surface area contributed by atoms with E-state index in [0.717, 1.165) is 28.3 Å². The lowest BCUT2D eigenvalue weighted by atomic mass is 10.1. The first-order chi connectivity index (χ1) is 14.3. The number of carbonyl (C=O) groups excluding carboxylic acids is 1. The van der Waals surface area contributed by atoms with Crippen LogP contribution in [0, 0.1) is 0 Å². The van der Waals surface area contributed by atoms with Crippen molar-refractivity contribution in [1.82, 2.24) is 14.8 Å². The SMILES string of the molecule is CCc1ccc(NC(=O)C(C)Sc2nnc(N3CCOCC3)n2CC(F)(F)F)cc1. The minimum absolute atomic E-state index is 0.0535. The molecule has 7 nitrogen and oxygen atoms in total. The number of ether oxygens (including phenoxy) is 1. The molecule has 1 saturated heterocycles. The molecule has 1 aromatic heterocycles. The van der Waals surface area contributed by atoms with Crippen LogP contribution in [0.5, 0.6) is 0 Å². The highest BCUT2D eigenvalue weighted by atomic mass is 32.2. The summed E-state index contributed by atoms with van der Waals surface area (Å²) in [5.41, 5.74) is 1.78. The Labute approximate surface area is 177 Å². The number of benzene rings is 1. The Morgan fingerprint density at radius 1 is 1.23 bits per heavy atom. The van der Waals surface area contributed by atoms with E-state index in [1.165, 1.54) is 0 Å². The Bertz CT molecular complexity index is 851. The van der Waals surface area contributed by atoms with E-state index in [9.17, 15) is 18.0 Å². The van der Waals surface area contributed by atoms with E-state index < -0.39 is 18.0 Å². The third-order valence-electron chi connectivity index (χ3n) is 4.61. The first-order valence-corrected chi connectivity index (χ1v) is 10.5. The van der Waals surface area contributed by atoms with Crippen LogP contribution in [0.3, 0.4) is 0 Å². The van der Waals surface area contributed by atoms with Crippen LogP contribution >= 0.6 is 11.8 Å². The van der Waals surface area contributed by atoms with Gasteiger partial charge in [0.25, 0.3) is 0 Å². The van der Waals surface area contributed by atoms with E-state index in [2.05, 4.69) is 15.5 Å². The zero-order valence-corrected chi connectivity index (χ0v) is 17.6. The molecule has 30 heavy (non-hydrogen) atoms. The van der Waals surface area contributed by atoms with Crippen LogP contribution in [0.4, 0.5) is 24.8 Å². The summed E-state index contributed by atoms with van der Waals surface area (Å²) in [7, 11) is 0. The average Bonchev–Trinajstić information content (AvgIpc) is 3.09. The quantitative estimate of drug-likeness (QED) is 0.662. The number of morpholine rings is 1. The molecule has 1 unspecified atom stereocenters. The van der Waals surface area contributed by atoms with Crippen LogP contribution < -0.4 is 10.2 Å². The molecule has 1 fully saturated rings. The number of alkyl halides is 3. The van der Waals surface area contributed by atoms with Crippen LogP contribution in [0.1, 0.15) is 19.4 Å². The van der Waals surface area contributed by atoms with E-state index in [0.29, 0.717) is 32.0 Å². The number of hydrogen-bond donors (Lipinski definition) is 1. The highest BCUT2D eigenvalue weighted by Crippen LogP contribution is 2.30. The number of nitrogens with one attached hydrogen (secondary N) is 1. The second kappa shape index (κ2) is 9.69. The van der Waals surface area contributed by atoms with Gasteiger partial charge in [0.05, 0.1) is 18.5 Å². The van der Waals surface area contributed by atoms with Gasteiger partial charge in [-0.25, -0.2) is 0 Å². The molecule has 2 aromatic rings. The first-order valence-electron chi connectivity index (χ1n) is 9.66. The largest absolute Gasteiger partial charge is 0.406 e. The molecule has 0 spiro atoms. The molecule has 0 bridgehead atoms. The molecule has 2 heterocycles. The van der Waals surface area contributed by atoms with Gasteiger partial charge in [0.1, 0.15) is 6.54 Å². The lowest BCUT2D eigenvalue weighted by Crippen LogP contribution is -2.38. The number of anilines is 2. The molecule has 0 saturated carbocycles. The Balaban J connectivity index is 1.73. The molecule has 1 N–H and O–H groups in total. The number of aromatic nitrogens is 3. The van der Waals surface area contributed by atoms with Crippen LogP contribution in [0.2, 0.25) is 0 Å². The fourth-order valence-electron chi connectivity index (χ4n) is 2.96. The summed E-state index contributed by atoms with van der Waals surface area (Å²) in [5, 5.41) is 10.1. The fourth-order valence-corrected chi connectivity index (χ4v) is 3.81. The Kier molecular flexibility index (Phi) is 7.24. The van der Waals surface area contributed by atoms with Crippen molar-refractivity contribution in [3.63, 3.8) is 0 Å². The summed E-state index contributed by atoms with van der Waals surface area (Å²) in [6.07, 6.45) is -3.55. The lowest BCUT2D eigenvalue weighted by Gasteiger charge is -2.28. The number of aryl methyl sites for hydroxylation is 1. The van der Waals surface area contributed by atoms with Crippen LogP contribution in [0.25, 0.3) is 0 Å². The van der Waals surface area contributed by atoms with Crippen molar-refractivity contribution >= 4 is 29.3 Å². The number of rotatable bonds is 7. The van der Waals surface area contributed by atoms with E-state index in [-0.39, 0.29) is 17.0 Å². The molecular formula is C19H24F3N5O2S. The standard InChI is InChI=1S/C19H24F3N5O2S/c1-3-14-4-6-15(7-5-14)23-16(28)13(2)30-18-25-24-17(26-8-10-29-11-9-26)27(18)12-19(20,21)22/h4-7,13H,3,8-12H2,1-2H3,(H,23,28). The van der Waals surface area contributed by atoms with Gasteiger partial charge in [-0.05, 0) is 31.0 Å². The predicted molar refractivity (Wildman–Crippen MR) is 109 cm³/mol. The molecule has 1 atom stereocenters. The Morgan fingerprint density at radius 3 is 2.50 bits per heavy atom. The summed E-state index contributed by atoms with van der Waals surface area (Å²) >= 11 is 0.950. The van der Waals surface area contributed by atoms with Gasteiger partial charge in [-0.3, -0.25) is 9.36 Å². The fraction of sp³-hybridized carbons (Fsp3) is 0.526. The molecule has 11 heteroatoms. The van der Waals surface area contributed by atoms with E-state index in [1.807, 2.05) is 19.1 Å². The van der Waals surface area contributed by atoms with Gasteiger partial charge < -0.3 is 15.0 Å². The molecule has 1 aliphatic rings. The number of amides is 1. The van der Waals surface area contributed by atoms with E-state index in [4.69, 9.17) is 4.74 Å². The Hall–Kier alpha value is -2.27. The third kappa shape index (κ3) is 5.88. The summed E-state index contributed by atoms with van der Waals surface area (Å²) in [5.74, 6) is -0.181. The van der Waals surface area contributed by atoms with E-state index >= 15 is 0 Å². The number of carbonyl (C=O) groups is 1. The molecular weight excluding hydrogens is 419 g/mol. The normalized spacial score (nSPS) is 15.8. The molecule has 0 aliphatic carbocycles. The molecule has 164 valence electrons. The lowest BCUT2D eigenvalue weighted by molar-refractivity contribution is -0.141.